The van der Waals surface area contributed by atoms with Crippen molar-refractivity contribution < 1.29 is 0 Å². The van der Waals surface area contributed by atoms with Crippen molar-refractivity contribution in [2.24, 2.45) is 0 Å². The van der Waals surface area contributed by atoms with E-state index in [0.29, 0.717) is 0 Å². The summed E-state index contributed by atoms with van der Waals surface area (Å²) in [5.74, 6) is 0. The first-order valence-electron chi connectivity index (χ1n) is 4.90. The fourth-order valence-electron chi connectivity index (χ4n) is 1.75. The van der Waals surface area contributed by atoms with Crippen molar-refractivity contribution in [2.45, 2.75) is 0 Å². The Hall–Kier alpha value is -0.365. The van der Waals surface area contributed by atoms with E-state index in [9.17, 15) is 0 Å². The van der Waals surface area contributed by atoms with Gasteiger partial charge >= 0.3 is 104 Å². The van der Waals surface area contributed by atoms with Gasteiger partial charge in [-0.05, 0) is 0 Å². The van der Waals surface area contributed by atoms with Gasteiger partial charge in [-0.3, -0.25) is 0 Å². The number of benzene rings is 2. The van der Waals surface area contributed by atoms with Crippen LogP contribution in [0.4, 0.5) is 0 Å². The van der Waals surface area contributed by atoms with Gasteiger partial charge in [-0.15, -0.1) is 0 Å². The summed E-state index contributed by atoms with van der Waals surface area (Å²) in [6.45, 7) is 0. The van der Waals surface area contributed by atoms with E-state index in [1.165, 1.54) is 19.6 Å². The van der Waals surface area contributed by atoms with Crippen LogP contribution in [-0.2, 0) is 0 Å². The summed E-state index contributed by atoms with van der Waals surface area (Å²) in [5, 5.41) is 0. The average Bonchev–Trinajstić information content (AvgIpc) is 2.20. The van der Waals surface area contributed by atoms with Gasteiger partial charge in [0, 0.05) is 0 Å². The van der Waals surface area contributed by atoms with Gasteiger partial charge in [-0.2, -0.15) is 0 Å². The molecule has 2 rings (SSSR count). The van der Waals surface area contributed by atoms with Gasteiger partial charge in [-0.25, -0.2) is 0 Å². The number of hydrogen-bond acceptors (Lipinski definition) is 0. The molecule has 0 fully saturated rings. The van der Waals surface area contributed by atoms with Crippen LogP contribution in [0, 0.1) is 0 Å². The summed E-state index contributed by atoms with van der Waals surface area (Å²) < 4.78 is 2.67. The van der Waals surface area contributed by atoms with E-state index >= 15 is 0 Å². The van der Waals surface area contributed by atoms with E-state index in [2.05, 4.69) is 84.0 Å². The Morgan fingerprint density at radius 2 is 0.929 bits per heavy atom. The standard InChI is InChI=1S/C12H8.2Li/c1-3-7-11(8-4-1)12-9-5-2-6-10-12;;/h1-7,9H;;. The number of rotatable bonds is 1. The Morgan fingerprint density at radius 3 is 1.29 bits per heavy atom. The molecule has 0 saturated carbocycles. The predicted molar refractivity (Wildman–Crippen MR) is 62.7 cm³/mol. The van der Waals surface area contributed by atoms with Crippen molar-refractivity contribution in [1.29, 1.82) is 0 Å². The molecule has 0 aromatic heterocycles. The Labute approximate surface area is 103 Å². The molecule has 0 unspecified atom stereocenters. The molecule has 0 aliphatic rings. The van der Waals surface area contributed by atoms with Crippen LogP contribution >= 0.6 is 0 Å². The second-order valence-corrected chi connectivity index (χ2v) is 3.63. The number of hydrogen-bond donors (Lipinski definition) is 0. The van der Waals surface area contributed by atoms with Crippen LogP contribution in [0.1, 0.15) is 0 Å². The van der Waals surface area contributed by atoms with Crippen molar-refractivity contribution in [3.05, 3.63) is 48.5 Å². The zero-order valence-corrected chi connectivity index (χ0v) is 8.62. The molecule has 0 aliphatic carbocycles. The molecular weight excluding hydrogens is 158 g/mol. The van der Waals surface area contributed by atoms with Crippen molar-refractivity contribution in [3.63, 3.8) is 0 Å². The summed E-state index contributed by atoms with van der Waals surface area (Å²) in [5.41, 5.74) is 2.68. The minimum absolute atomic E-state index is 1.34. The molecule has 0 saturated heterocycles. The fourth-order valence-corrected chi connectivity index (χ4v) is 1.75. The van der Waals surface area contributed by atoms with Gasteiger partial charge in [0.05, 0.1) is 0 Å². The molecule has 14 heavy (non-hydrogen) atoms. The van der Waals surface area contributed by atoms with Crippen LogP contribution in [0.25, 0.3) is 11.1 Å². The maximum absolute atomic E-state index is 2.18. The van der Waals surface area contributed by atoms with Crippen molar-refractivity contribution in [1.82, 2.24) is 0 Å². The molecule has 0 N–H and O–H groups in total. The molecule has 0 atom stereocenters. The zero-order valence-electron chi connectivity index (χ0n) is 8.62. The second kappa shape index (κ2) is 4.44. The molecule has 0 radical (unpaired) electrons. The van der Waals surface area contributed by atoms with E-state index in [1.54, 1.807) is 0 Å². The first-order chi connectivity index (χ1) is 6.79. The molecule has 0 heterocycles. The van der Waals surface area contributed by atoms with Crippen LogP contribution in [-0.4, -0.2) is 35.4 Å². The molecule has 0 amide bonds. The Morgan fingerprint density at radius 1 is 0.571 bits per heavy atom. The average molecular weight is 166 g/mol. The molecular formula is C12H8Li2. The van der Waals surface area contributed by atoms with Crippen LogP contribution in [0.15, 0.2) is 48.5 Å². The van der Waals surface area contributed by atoms with Gasteiger partial charge in [0.25, 0.3) is 0 Å². The van der Waals surface area contributed by atoms with Gasteiger partial charge in [-0.1, -0.05) is 0 Å². The van der Waals surface area contributed by atoms with Gasteiger partial charge < -0.3 is 0 Å². The summed E-state index contributed by atoms with van der Waals surface area (Å²) in [4.78, 5) is 0. The molecule has 0 bridgehead atoms. The molecule has 0 nitrogen and oxygen atoms in total. The second-order valence-electron chi connectivity index (χ2n) is 3.63. The van der Waals surface area contributed by atoms with E-state index in [-0.39, 0.29) is 0 Å². The quantitative estimate of drug-likeness (QED) is 0.553. The Balaban J connectivity index is 2.61. The van der Waals surface area contributed by atoms with Gasteiger partial charge in [0.15, 0.2) is 0 Å². The summed E-state index contributed by atoms with van der Waals surface area (Å²) in [6.07, 6.45) is 0. The Kier molecular flexibility index (Phi) is 3.22. The van der Waals surface area contributed by atoms with E-state index < -0.39 is 0 Å². The van der Waals surface area contributed by atoms with E-state index in [4.69, 9.17) is 0 Å². The monoisotopic (exact) mass is 166 g/mol. The van der Waals surface area contributed by atoms with Crippen LogP contribution < -0.4 is 8.47 Å². The van der Waals surface area contributed by atoms with Gasteiger partial charge in [0.1, 0.15) is 0 Å². The first kappa shape index (κ1) is 10.2. The van der Waals surface area contributed by atoms with Crippen molar-refractivity contribution >= 4 is 43.9 Å². The van der Waals surface area contributed by atoms with Crippen LogP contribution in [0.3, 0.4) is 0 Å². The Bertz CT molecular complexity index is 406. The topological polar surface area (TPSA) is 0 Å². The summed E-state index contributed by atoms with van der Waals surface area (Å²) in [6, 6.07) is 17.0. The third-order valence-electron chi connectivity index (χ3n) is 2.58. The minimum atomic E-state index is 1.34. The van der Waals surface area contributed by atoms with Crippen LogP contribution in [0.2, 0.25) is 0 Å². The molecule has 2 heteroatoms. The normalized spacial score (nSPS) is 10.3. The van der Waals surface area contributed by atoms with Gasteiger partial charge in [0.2, 0.25) is 0 Å². The van der Waals surface area contributed by atoms with E-state index in [1.807, 2.05) is 0 Å². The SMILES string of the molecule is [Li][c]1ccccc1-c1cccc[c]1[Li]. The molecule has 58 valence electrons. The van der Waals surface area contributed by atoms with E-state index in [0.717, 1.165) is 0 Å². The van der Waals surface area contributed by atoms with Crippen LogP contribution in [0.5, 0.6) is 0 Å². The summed E-state index contributed by atoms with van der Waals surface area (Å²) in [7, 11) is 0. The van der Waals surface area contributed by atoms with Crippen molar-refractivity contribution in [3.8, 4) is 11.1 Å². The van der Waals surface area contributed by atoms with Crippen molar-refractivity contribution in [2.75, 3.05) is 0 Å². The third-order valence-corrected chi connectivity index (χ3v) is 2.58. The first-order valence-corrected chi connectivity index (χ1v) is 4.90. The molecule has 0 spiro atoms. The summed E-state index contributed by atoms with van der Waals surface area (Å²) >= 11 is 4.31. The molecule has 0 aliphatic heterocycles. The fraction of sp³-hybridized carbons (Fsp3) is 0. The molecule has 2 aromatic carbocycles. The molecule has 2 aromatic rings. The maximum atomic E-state index is 2.18. The zero-order chi connectivity index (χ0) is 9.97. The predicted octanol–water partition coefficient (Wildman–Crippen LogP) is 0.941. The third kappa shape index (κ3) is 2.00.